The summed E-state index contributed by atoms with van der Waals surface area (Å²) in [6, 6.07) is 0. The number of carbonyl (C=O) groups excluding carboxylic acids is 3. The Kier molecular flexibility index (Phi) is 6.65. The number of nitrogens with two attached hydrogens (primary N) is 1. The van der Waals surface area contributed by atoms with Gasteiger partial charge >= 0.3 is 12.1 Å². The first kappa shape index (κ1) is 21.4. The van der Waals surface area contributed by atoms with Crippen molar-refractivity contribution in [2.45, 2.75) is 31.4 Å². The number of fused-ring (bicyclic) bond motifs is 1. The number of methoxy groups -OCH3 is 1. The van der Waals surface area contributed by atoms with Gasteiger partial charge in [-0.3, -0.25) is 14.5 Å². The van der Waals surface area contributed by atoms with Crippen LogP contribution in [0.5, 0.6) is 0 Å². The number of carbonyl (C=O) groups is 4. The van der Waals surface area contributed by atoms with Crippen molar-refractivity contribution in [2.75, 3.05) is 25.2 Å². The van der Waals surface area contributed by atoms with Crippen molar-refractivity contribution in [3.8, 4) is 0 Å². The maximum Gasteiger partial charge on any atom is 0.404 e. The second kappa shape index (κ2) is 8.40. The third-order valence-electron chi connectivity index (χ3n) is 4.00. The summed E-state index contributed by atoms with van der Waals surface area (Å²) in [7, 11) is 1.31. The summed E-state index contributed by atoms with van der Waals surface area (Å²) in [5.41, 5.74) is 3.31. The van der Waals surface area contributed by atoms with Gasteiger partial charge in [-0.05, 0) is 18.4 Å². The van der Waals surface area contributed by atoms with Crippen molar-refractivity contribution in [1.82, 2.24) is 9.21 Å². The van der Waals surface area contributed by atoms with E-state index >= 15 is 0 Å². The fourth-order valence-electron chi connectivity index (χ4n) is 2.90. The number of thioether (sulfide) groups is 1. The van der Waals surface area contributed by atoms with Crippen LogP contribution in [-0.4, -0.2) is 74.5 Å². The highest BCUT2D eigenvalue weighted by atomic mass is 32.2. The van der Waals surface area contributed by atoms with Crippen LogP contribution in [0, 0.1) is 0 Å². The van der Waals surface area contributed by atoms with Crippen LogP contribution in [0.1, 0.15) is 20.3 Å². The molecule has 3 N–H and O–H groups in total. The van der Waals surface area contributed by atoms with Gasteiger partial charge in [0.1, 0.15) is 17.7 Å². The van der Waals surface area contributed by atoms with Crippen LogP contribution < -0.4 is 5.73 Å². The molecule has 12 heteroatoms. The average Bonchev–Trinajstić information content (AvgIpc) is 2.61. The third-order valence-corrected chi connectivity index (χ3v) is 6.74. The zero-order chi connectivity index (χ0) is 20.4. The van der Waals surface area contributed by atoms with Gasteiger partial charge in [-0.1, -0.05) is 6.92 Å². The molecule has 0 bridgehead atoms. The van der Waals surface area contributed by atoms with Crippen molar-refractivity contribution in [1.29, 1.82) is 0 Å². The number of carboxylic acid groups (broad SMARTS) is 1. The van der Waals surface area contributed by atoms with Gasteiger partial charge in [-0.25, -0.2) is 13.9 Å². The standard InChI is InChI=1S/C15H21N3O7S2/c1-4-5-27-18(8(2)19)15(24-3)12(22)17-10(11(20)21)9(6-25-14(16)23)7-26-13(15)17/h13H,4-7H2,1-3H3,(H2,16,23)(H,20,21)/t13-,15+/m1/s1. The number of hydrogen-bond acceptors (Lipinski definition) is 8. The van der Waals surface area contributed by atoms with Gasteiger partial charge in [-0.2, -0.15) is 0 Å². The van der Waals surface area contributed by atoms with Crippen LogP contribution in [0.25, 0.3) is 0 Å². The molecule has 2 heterocycles. The van der Waals surface area contributed by atoms with Crippen molar-refractivity contribution in [3.05, 3.63) is 11.3 Å². The Morgan fingerprint density at radius 3 is 2.63 bits per heavy atom. The lowest BCUT2D eigenvalue weighted by atomic mass is 9.98. The molecule has 0 saturated carbocycles. The van der Waals surface area contributed by atoms with Gasteiger partial charge in [0.25, 0.3) is 11.6 Å². The lowest BCUT2D eigenvalue weighted by Crippen LogP contribution is -2.80. The summed E-state index contributed by atoms with van der Waals surface area (Å²) in [6.45, 7) is 2.93. The summed E-state index contributed by atoms with van der Waals surface area (Å²) in [4.78, 5) is 48.8. The molecular weight excluding hydrogens is 398 g/mol. The SMILES string of the molecule is CCCSN(C(C)=O)[C@]1(OC)C(=O)N2C(C(=O)O)=C(COC(N)=O)CS[C@@H]21. The van der Waals surface area contributed by atoms with Gasteiger partial charge in [0.15, 0.2) is 0 Å². The van der Waals surface area contributed by atoms with E-state index in [-0.39, 0.29) is 29.5 Å². The number of nitrogens with zero attached hydrogens (tertiary/aromatic N) is 2. The molecule has 2 aliphatic heterocycles. The first-order chi connectivity index (χ1) is 12.7. The Morgan fingerprint density at radius 1 is 1.48 bits per heavy atom. The fraction of sp³-hybridized carbons (Fsp3) is 0.600. The molecule has 1 saturated heterocycles. The highest BCUT2D eigenvalue weighted by Gasteiger charge is 2.69. The largest absolute Gasteiger partial charge is 0.477 e. The van der Waals surface area contributed by atoms with E-state index in [4.69, 9.17) is 10.5 Å². The van der Waals surface area contributed by atoms with Crippen LogP contribution >= 0.6 is 23.7 Å². The summed E-state index contributed by atoms with van der Waals surface area (Å²) in [5, 5.41) is 8.86. The average molecular weight is 419 g/mol. The number of carboxylic acids is 1. The third kappa shape index (κ3) is 3.60. The van der Waals surface area contributed by atoms with Gasteiger partial charge in [0.2, 0.25) is 5.91 Å². The Morgan fingerprint density at radius 2 is 2.15 bits per heavy atom. The van der Waals surface area contributed by atoms with E-state index in [1.165, 1.54) is 42.0 Å². The van der Waals surface area contributed by atoms with Crippen LogP contribution in [0.2, 0.25) is 0 Å². The van der Waals surface area contributed by atoms with Crippen molar-refractivity contribution in [3.63, 3.8) is 0 Å². The van der Waals surface area contributed by atoms with E-state index in [2.05, 4.69) is 4.74 Å². The summed E-state index contributed by atoms with van der Waals surface area (Å²) in [6.07, 6.45) is -0.266. The molecule has 2 atom stereocenters. The summed E-state index contributed by atoms with van der Waals surface area (Å²) < 4.78 is 11.5. The molecule has 27 heavy (non-hydrogen) atoms. The quantitative estimate of drug-likeness (QED) is 0.328. The number of hydrogen-bond donors (Lipinski definition) is 2. The molecule has 0 aromatic rings. The second-order valence-electron chi connectivity index (χ2n) is 5.75. The molecule has 0 aromatic carbocycles. The molecule has 0 aliphatic carbocycles. The van der Waals surface area contributed by atoms with Gasteiger partial charge < -0.3 is 20.3 Å². The van der Waals surface area contributed by atoms with E-state index in [0.717, 1.165) is 11.3 Å². The summed E-state index contributed by atoms with van der Waals surface area (Å²) in [5.74, 6) is -1.59. The minimum Gasteiger partial charge on any atom is -0.477 e. The van der Waals surface area contributed by atoms with Crippen molar-refractivity contribution >= 4 is 47.6 Å². The fourth-order valence-corrected chi connectivity index (χ4v) is 5.42. The zero-order valence-electron chi connectivity index (χ0n) is 15.1. The van der Waals surface area contributed by atoms with E-state index in [1.54, 1.807) is 0 Å². The van der Waals surface area contributed by atoms with Crippen LogP contribution in [0.4, 0.5) is 4.79 Å². The lowest BCUT2D eigenvalue weighted by molar-refractivity contribution is -0.207. The summed E-state index contributed by atoms with van der Waals surface area (Å²) >= 11 is 2.40. The predicted molar refractivity (Wildman–Crippen MR) is 98.3 cm³/mol. The second-order valence-corrected chi connectivity index (χ2v) is 7.85. The molecule has 3 amide bonds. The molecule has 1 fully saturated rings. The van der Waals surface area contributed by atoms with Crippen LogP contribution in [0.15, 0.2) is 11.3 Å². The molecule has 2 aliphatic rings. The molecule has 0 aromatic heterocycles. The number of ether oxygens (including phenoxy) is 2. The minimum atomic E-state index is -1.59. The normalized spacial score (nSPS) is 24.2. The Hall–Kier alpha value is -1.92. The van der Waals surface area contributed by atoms with Crippen LogP contribution in [-0.2, 0) is 23.9 Å². The number of β-lactam (4-membered cyclic amide) rings is 1. The van der Waals surface area contributed by atoms with E-state index in [0.29, 0.717) is 5.75 Å². The Bertz CT molecular complexity index is 699. The van der Waals surface area contributed by atoms with Crippen molar-refractivity contribution < 1.29 is 33.8 Å². The number of rotatable bonds is 8. The zero-order valence-corrected chi connectivity index (χ0v) is 16.7. The smallest absolute Gasteiger partial charge is 0.404 e. The monoisotopic (exact) mass is 419 g/mol. The van der Waals surface area contributed by atoms with Gasteiger partial charge in [-0.15, -0.1) is 11.8 Å². The maximum absolute atomic E-state index is 13.0. The Balaban J connectivity index is 2.40. The van der Waals surface area contributed by atoms with Gasteiger partial charge in [0, 0.05) is 31.1 Å². The lowest BCUT2D eigenvalue weighted by Gasteiger charge is -2.58. The maximum atomic E-state index is 13.0. The van der Waals surface area contributed by atoms with Crippen LogP contribution in [0.3, 0.4) is 0 Å². The predicted octanol–water partition coefficient (Wildman–Crippen LogP) is 0.585. The van der Waals surface area contributed by atoms with Crippen molar-refractivity contribution in [2.24, 2.45) is 5.73 Å². The number of primary amides is 1. The number of aliphatic carboxylic acids is 1. The molecule has 0 radical (unpaired) electrons. The number of amides is 3. The molecule has 0 spiro atoms. The molecule has 0 unspecified atom stereocenters. The van der Waals surface area contributed by atoms with E-state index < -0.39 is 29.1 Å². The molecule has 150 valence electrons. The first-order valence-electron chi connectivity index (χ1n) is 8.04. The van der Waals surface area contributed by atoms with Gasteiger partial charge in [0.05, 0.1) is 0 Å². The van der Waals surface area contributed by atoms with E-state index in [9.17, 15) is 24.3 Å². The molecular formula is C15H21N3O7S2. The van der Waals surface area contributed by atoms with E-state index in [1.807, 2.05) is 6.92 Å². The highest BCUT2D eigenvalue weighted by molar-refractivity contribution is 8.00. The highest BCUT2D eigenvalue weighted by Crippen LogP contribution is 2.51. The topological polar surface area (TPSA) is 139 Å². The first-order valence-corrected chi connectivity index (χ1v) is 10.0. The molecule has 10 nitrogen and oxygen atoms in total. The Labute approximate surface area is 164 Å². The molecule has 2 rings (SSSR count). The minimum absolute atomic E-state index is 0.179.